The molecule has 0 heterocycles. The number of hydrogen-bond donors (Lipinski definition) is 1. The van der Waals surface area contributed by atoms with Crippen LogP contribution in [0.25, 0.3) is 0 Å². The van der Waals surface area contributed by atoms with Gasteiger partial charge >= 0.3 is 0 Å². The number of carbonyl (C=O) groups is 1. The van der Waals surface area contributed by atoms with Crippen LogP contribution in [0.2, 0.25) is 5.02 Å². The third kappa shape index (κ3) is 5.79. The Kier molecular flexibility index (Phi) is 7.97. The fourth-order valence-corrected chi connectivity index (χ4v) is 4.39. The van der Waals surface area contributed by atoms with Crippen molar-refractivity contribution in [2.75, 3.05) is 24.3 Å². The second-order valence-corrected chi connectivity index (χ2v) is 9.08. The first-order valence-electron chi connectivity index (χ1n) is 9.44. The van der Waals surface area contributed by atoms with E-state index >= 15 is 0 Å². The number of amides is 1. The maximum atomic E-state index is 12.9. The summed E-state index contributed by atoms with van der Waals surface area (Å²) in [6.45, 7) is 5.81. The Balaban J connectivity index is 2.27. The van der Waals surface area contributed by atoms with Crippen LogP contribution in [0.3, 0.4) is 0 Å². The molecule has 2 rings (SSSR count). The summed E-state index contributed by atoms with van der Waals surface area (Å²) in [4.78, 5) is 12.9. The highest BCUT2D eigenvalue weighted by Gasteiger charge is 2.32. The predicted molar refractivity (Wildman–Crippen MR) is 119 cm³/mol. The van der Waals surface area contributed by atoms with Crippen LogP contribution in [0, 0.1) is 0 Å². The van der Waals surface area contributed by atoms with Crippen molar-refractivity contribution < 1.29 is 22.7 Å². The lowest BCUT2D eigenvalue weighted by atomic mass is 10.1. The number of rotatable bonds is 9. The molecule has 7 nitrogen and oxygen atoms in total. The minimum Gasteiger partial charge on any atom is -0.495 e. The van der Waals surface area contributed by atoms with Crippen molar-refractivity contribution in [3.8, 4) is 11.5 Å². The molecule has 0 radical (unpaired) electrons. The summed E-state index contributed by atoms with van der Waals surface area (Å²) in [5, 5.41) is 3.19. The standard InChI is InChI=1S/C21H27ClN2O5S/c1-6-29-18-10-7-16(8-11-18)14(2)23-21(25)15(3)24(30(5,26)27)19-13-17(22)9-12-20(19)28-4/h7-15H,6H2,1-5H3,(H,23,25). The van der Waals surface area contributed by atoms with E-state index in [2.05, 4.69) is 5.32 Å². The number of ether oxygens (including phenoxy) is 2. The van der Waals surface area contributed by atoms with Gasteiger partial charge in [0, 0.05) is 5.02 Å². The molecule has 0 aliphatic heterocycles. The van der Waals surface area contributed by atoms with E-state index in [9.17, 15) is 13.2 Å². The summed E-state index contributed by atoms with van der Waals surface area (Å²) in [6.07, 6.45) is 1.03. The Bertz CT molecular complexity index is 979. The number of benzene rings is 2. The van der Waals surface area contributed by atoms with Crippen LogP contribution >= 0.6 is 11.6 Å². The summed E-state index contributed by atoms with van der Waals surface area (Å²) < 4.78 is 36.8. The van der Waals surface area contributed by atoms with Crippen LogP contribution in [0.5, 0.6) is 11.5 Å². The Hall–Kier alpha value is -2.45. The van der Waals surface area contributed by atoms with Crippen LogP contribution in [-0.4, -0.2) is 40.3 Å². The molecule has 0 saturated carbocycles. The highest BCUT2D eigenvalue weighted by Crippen LogP contribution is 2.34. The number of nitrogens with zero attached hydrogens (tertiary/aromatic N) is 1. The number of methoxy groups -OCH3 is 1. The smallest absolute Gasteiger partial charge is 0.244 e. The SMILES string of the molecule is CCOc1ccc(C(C)NC(=O)C(C)N(c2cc(Cl)ccc2OC)S(C)(=O)=O)cc1. The second-order valence-electron chi connectivity index (χ2n) is 6.78. The molecule has 0 aliphatic carbocycles. The highest BCUT2D eigenvalue weighted by molar-refractivity contribution is 7.92. The van der Waals surface area contributed by atoms with Gasteiger partial charge in [0.05, 0.1) is 31.7 Å². The second kappa shape index (κ2) is 10.0. The summed E-state index contributed by atoms with van der Waals surface area (Å²) in [5.41, 5.74) is 1.06. The van der Waals surface area contributed by atoms with Gasteiger partial charge in [-0.1, -0.05) is 23.7 Å². The van der Waals surface area contributed by atoms with Gasteiger partial charge in [0.1, 0.15) is 17.5 Å². The van der Waals surface area contributed by atoms with Crippen LogP contribution in [0.15, 0.2) is 42.5 Å². The van der Waals surface area contributed by atoms with Crippen molar-refractivity contribution in [2.24, 2.45) is 0 Å². The minimum atomic E-state index is -3.81. The van der Waals surface area contributed by atoms with E-state index in [1.54, 1.807) is 12.1 Å². The zero-order chi connectivity index (χ0) is 22.5. The average molecular weight is 455 g/mol. The third-order valence-corrected chi connectivity index (χ3v) is 5.98. The molecule has 0 bridgehead atoms. The van der Waals surface area contributed by atoms with E-state index in [-0.39, 0.29) is 11.7 Å². The van der Waals surface area contributed by atoms with Crippen molar-refractivity contribution in [1.82, 2.24) is 5.32 Å². The van der Waals surface area contributed by atoms with E-state index in [0.29, 0.717) is 17.4 Å². The highest BCUT2D eigenvalue weighted by atomic mass is 35.5. The molecule has 1 N–H and O–H groups in total. The summed E-state index contributed by atoms with van der Waals surface area (Å²) in [7, 11) is -2.38. The zero-order valence-corrected chi connectivity index (χ0v) is 19.3. The predicted octanol–water partition coefficient (Wildman–Crippen LogP) is 3.78. The van der Waals surface area contributed by atoms with E-state index in [1.165, 1.54) is 20.1 Å². The van der Waals surface area contributed by atoms with Gasteiger partial charge in [0.2, 0.25) is 15.9 Å². The van der Waals surface area contributed by atoms with Crippen LogP contribution < -0.4 is 19.1 Å². The molecule has 2 unspecified atom stereocenters. The molecule has 0 spiro atoms. The van der Waals surface area contributed by atoms with Crippen LogP contribution in [0.4, 0.5) is 5.69 Å². The quantitative estimate of drug-likeness (QED) is 0.623. The third-order valence-electron chi connectivity index (χ3n) is 4.52. The average Bonchev–Trinajstić information content (AvgIpc) is 2.68. The molecule has 2 atom stereocenters. The Morgan fingerprint density at radius 2 is 1.80 bits per heavy atom. The number of nitrogens with one attached hydrogen (secondary N) is 1. The largest absolute Gasteiger partial charge is 0.495 e. The van der Waals surface area contributed by atoms with Gasteiger partial charge in [0.15, 0.2) is 0 Å². The summed E-state index contributed by atoms with van der Waals surface area (Å²) >= 11 is 6.06. The van der Waals surface area contributed by atoms with Crippen LogP contribution in [0.1, 0.15) is 32.4 Å². The normalized spacial score (nSPS) is 13.3. The van der Waals surface area contributed by atoms with E-state index in [1.807, 2.05) is 38.1 Å². The molecular formula is C21H27ClN2O5S. The van der Waals surface area contributed by atoms with Gasteiger partial charge in [0.25, 0.3) is 0 Å². The number of sulfonamides is 1. The Labute approximate surface area is 183 Å². The van der Waals surface area contributed by atoms with Gasteiger partial charge in [-0.15, -0.1) is 0 Å². The summed E-state index contributed by atoms with van der Waals surface area (Å²) in [5.74, 6) is 0.581. The van der Waals surface area contributed by atoms with Crippen molar-refractivity contribution in [3.63, 3.8) is 0 Å². The molecule has 30 heavy (non-hydrogen) atoms. The topological polar surface area (TPSA) is 84.9 Å². The van der Waals surface area contributed by atoms with Crippen molar-refractivity contribution in [2.45, 2.75) is 32.9 Å². The Morgan fingerprint density at radius 3 is 2.33 bits per heavy atom. The molecule has 0 aromatic heterocycles. The molecule has 1 amide bonds. The first-order chi connectivity index (χ1) is 14.1. The monoisotopic (exact) mass is 454 g/mol. The number of halogens is 1. The molecule has 164 valence electrons. The lowest BCUT2D eigenvalue weighted by molar-refractivity contribution is -0.122. The first kappa shape index (κ1) is 23.8. The number of anilines is 1. The van der Waals surface area contributed by atoms with Gasteiger partial charge < -0.3 is 14.8 Å². The van der Waals surface area contributed by atoms with Crippen molar-refractivity contribution in [3.05, 3.63) is 53.1 Å². The molecule has 2 aromatic rings. The number of carbonyl (C=O) groups excluding carboxylic acids is 1. The molecule has 0 fully saturated rings. The van der Waals surface area contributed by atoms with E-state index < -0.39 is 22.0 Å². The molecule has 2 aromatic carbocycles. The van der Waals surface area contributed by atoms with E-state index in [4.69, 9.17) is 21.1 Å². The van der Waals surface area contributed by atoms with Crippen LogP contribution in [-0.2, 0) is 14.8 Å². The molecule has 0 aliphatic rings. The van der Waals surface area contributed by atoms with Crippen molar-refractivity contribution >= 4 is 33.2 Å². The Morgan fingerprint density at radius 1 is 1.17 bits per heavy atom. The maximum Gasteiger partial charge on any atom is 0.244 e. The van der Waals surface area contributed by atoms with E-state index in [0.717, 1.165) is 21.9 Å². The lowest BCUT2D eigenvalue weighted by Crippen LogP contribution is -2.48. The van der Waals surface area contributed by atoms with Crippen molar-refractivity contribution in [1.29, 1.82) is 0 Å². The molecule has 9 heteroatoms. The first-order valence-corrected chi connectivity index (χ1v) is 11.7. The fraction of sp³-hybridized carbons (Fsp3) is 0.381. The van der Waals surface area contributed by atoms with Gasteiger partial charge in [-0.2, -0.15) is 0 Å². The molecular weight excluding hydrogens is 428 g/mol. The lowest BCUT2D eigenvalue weighted by Gasteiger charge is -2.30. The zero-order valence-electron chi connectivity index (χ0n) is 17.7. The fourth-order valence-electron chi connectivity index (χ4n) is 3.05. The maximum absolute atomic E-state index is 12.9. The van der Waals surface area contributed by atoms with Gasteiger partial charge in [-0.3, -0.25) is 9.10 Å². The molecule has 0 saturated heterocycles. The summed E-state index contributed by atoms with van der Waals surface area (Å²) in [6, 6.07) is 10.6. The number of hydrogen-bond acceptors (Lipinski definition) is 5. The minimum absolute atomic E-state index is 0.198. The van der Waals surface area contributed by atoms with Gasteiger partial charge in [-0.05, 0) is 56.7 Å². The van der Waals surface area contributed by atoms with Gasteiger partial charge in [-0.25, -0.2) is 8.42 Å².